The number of nitrogens with one attached hydrogen (secondary N) is 1. The van der Waals surface area contributed by atoms with E-state index in [2.05, 4.69) is 21.2 Å². The lowest BCUT2D eigenvalue weighted by Gasteiger charge is -2.21. The number of amides is 1. The van der Waals surface area contributed by atoms with E-state index < -0.39 is 0 Å². The smallest absolute Gasteiger partial charge is 0.338 e. The second-order valence-corrected chi connectivity index (χ2v) is 8.36. The summed E-state index contributed by atoms with van der Waals surface area (Å²) in [5.74, 6) is 0.146. The molecule has 29 heavy (non-hydrogen) atoms. The highest BCUT2D eigenvalue weighted by molar-refractivity contribution is 9.10. The van der Waals surface area contributed by atoms with Crippen molar-refractivity contribution >= 4 is 33.5 Å². The van der Waals surface area contributed by atoms with Crippen molar-refractivity contribution in [1.82, 2.24) is 0 Å². The van der Waals surface area contributed by atoms with E-state index in [-0.39, 0.29) is 24.6 Å². The number of hydrogen-bond acceptors (Lipinski definition) is 4. The van der Waals surface area contributed by atoms with Crippen molar-refractivity contribution in [1.29, 1.82) is 0 Å². The molecule has 3 rings (SSSR count). The van der Waals surface area contributed by atoms with Crippen molar-refractivity contribution in [2.75, 3.05) is 11.9 Å². The molecule has 0 atom stereocenters. The first-order valence-corrected chi connectivity index (χ1v) is 10.7. The summed E-state index contributed by atoms with van der Waals surface area (Å²) in [4.78, 5) is 24.5. The molecule has 0 radical (unpaired) electrons. The predicted octanol–water partition coefficient (Wildman–Crippen LogP) is 5.57. The van der Waals surface area contributed by atoms with Crippen molar-refractivity contribution in [3.8, 4) is 5.75 Å². The van der Waals surface area contributed by atoms with Gasteiger partial charge in [0.2, 0.25) is 0 Å². The zero-order chi connectivity index (χ0) is 20.8. The zero-order valence-corrected chi connectivity index (χ0v) is 18.4. The van der Waals surface area contributed by atoms with Crippen LogP contribution in [0.15, 0.2) is 40.9 Å². The number of rotatable bonds is 6. The number of hydrogen-bond donors (Lipinski definition) is 1. The molecule has 6 heteroatoms. The van der Waals surface area contributed by atoms with E-state index in [9.17, 15) is 9.59 Å². The summed E-state index contributed by atoms with van der Waals surface area (Å²) in [6.45, 7) is 3.79. The van der Waals surface area contributed by atoms with E-state index in [0.717, 1.165) is 41.3 Å². The summed E-state index contributed by atoms with van der Waals surface area (Å²) < 4.78 is 12.2. The molecule has 2 aromatic carbocycles. The number of benzene rings is 2. The van der Waals surface area contributed by atoms with E-state index in [0.29, 0.717) is 17.0 Å². The number of esters is 1. The van der Waals surface area contributed by atoms with E-state index in [1.807, 2.05) is 26.0 Å². The van der Waals surface area contributed by atoms with Crippen LogP contribution in [-0.2, 0) is 9.53 Å². The van der Waals surface area contributed by atoms with Gasteiger partial charge < -0.3 is 14.8 Å². The summed E-state index contributed by atoms with van der Waals surface area (Å²) >= 11 is 3.45. The number of carbonyl (C=O) groups is 2. The quantitative estimate of drug-likeness (QED) is 0.573. The minimum atomic E-state index is -0.306. The fraction of sp³-hybridized carbons (Fsp3) is 0.391. The molecule has 0 saturated heterocycles. The van der Waals surface area contributed by atoms with Gasteiger partial charge >= 0.3 is 5.97 Å². The molecule has 0 aliphatic heterocycles. The van der Waals surface area contributed by atoms with Gasteiger partial charge in [0.05, 0.1) is 5.56 Å². The van der Waals surface area contributed by atoms with E-state index in [1.54, 1.807) is 24.3 Å². The lowest BCUT2D eigenvalue weighted by Crippen LogP contribution is -2.21. The van der Waals surface area contributed by atoms with Crippen LogP contribution < -0.4 is 10.1 Å². The maximum absolute atomic E-state index is 12.3. The number of aryl methyl sites for hydroxylation is 2. The van der Waals surface area contributed by atoms with Crippen molar-refractivity contribution < 1.29 is 19.1 Å². The molecule has 1 aliphatic rings. The molecule has 2 aromatic rings. The fourth-order valence-electron chi connectivity index (χ4n) is 3.55. The Morgan fingerprint density at radius 1 is 1.03 bits per heavy atom. The Bertz CT molecular complexity index is 850. The van der Waals surface area contributed by atoms with Crippen molar-refractivity contribution in [3.63, 3.8) is 0 Å². The highest BCUT2D eigenvalue weighted by atomic mass is 79.9. The van der Waals surface area contributed by atoms with Crippen LogP contribution >= 0.6 is 15.9 Å². The lowest BCUT2D eigenvalue weighted by molar-refractivity contribution is -0.118. The van der Waals surface area contributed by atoms with E-state index in [1.165, 1.54) is 6.42 Å². The number of anilines is 1. The molecule has 1 amide bonds. The van der Waals surface area contributed by atoms with Crippen LogP contribution in [0.1, 0.15) is 53.6 Å². The van der Waals surface area contributed by atoms with Crippen LogP contribution in [-0.4, -0.2) is 24.6 Å². The second-order valence-electron chi connectivity index (χ2n) is 7.45. The van der Waals surface area contributed by atoms with Crippen LogP contribution in [0.4, 0.5) is 5.69 Å². The molecule has 0 bridgehead atoms. The van der Waals surface area contributed by atoms with Crippen molar-refractivity contribution in [2.45, 2.75) is 52.1 Å². The minimum Gasteiger partial charge on any atom is -0.483 e. The number of ether oxygens (including phenoxy) is 2. The van der Waals surface area contributed by atoms with Gasteiger partial charge in [-0.05, 0) is 87.1 Å². The molecule has 1 aliphatic carbocycles. The third-order valence-electron chi connectivity index (χ3n) is 5.00. The molecule has 154 valence electrons. The molecule has 1 saturated carbocycles. The molecule has 0 heterocycles. The van der Waals surface area contributed by atoms with Crippen molar-refractivity contribution in [2.24, 2.45) is 0 Å². The van der Waals surface area contributed by atoms with Gasteiger partial charge in [0.1, 0.15) is 11.9 Å². The predicted molar refractivity (Wildman–Crippen MR) is 116 cm³/mol. The average Bonchev–Trinajstić information content (AvgIpc) is 2.68. The second kappa shape index (κ2) is 9.92. The molecular formula is C23H26BrNO4. The fourth-order valence-corrected chi connectivity index (χ4v) is 4.24. The molecular weight excluding hydrogens is 434 g/mol. The first-order valence-electron chi connectivity index (χ1n) is 9.93. The average molecular weight is 460 g/mol. The third kappa shape index (κ3) is 6.07. The van der Waals surface area contributed by atoms with Gasteiger partial charge in [0.25, 0.3) is 5.91 Å². The Morgan fingerprint density at radius 2 is 1.66 bits per heavy atom. The lowest BCUT2D eigenvalue weighted by atomic mass is 9.98. The maximum atomic E-state index is 12.3. The third-order valence-corrected chi connectivity index (χ3v) is 5.46. The molecule has 1 N–H and O–H groups in total. The maximum Gasteiger partial charge on any atom is 0.338 e. The summed E-state index contributed by atoms with van der Waals surface area (Å²) in [6.07, 6.45) is 5.36. The largest absolute Gasteiger partial charge is 0.483 e. The Hall–Kier alpha value is -2.34. The van der Waals surface area contributed by atoms with Gasteiger partial charge in [0.15, 0.2) is 6.61 Å². The summed E-state index contributed by atoms with van der Waals surface area (Å²) in [7, 11) is 0. The normalized spacial score (nSPS) is 14.3. The Morgan fingerprint density at radius 3 is 2.28 bits per heavy atom. The highest BCUT2D eigenvalue weighted by Crippen LogP contribution is 2.27. The molecule has 0 aromatic heterocycles. The van der Waals surface area contributed by atoms with Crippen LogP contribution in [0.5, 0.6) is 5.75 Å². The van der Waals surface area contributed by atoms with Crippen molar-refractivity contribution in [3.05, 3.63) is 57.6 Å². The Balaban J connectivity index is 1.51. The molecule has 1 fully saturated rings. The summed E-state index contributed by atoms with van der Waals surface area (Å²) in [5.41, 5.74) is 3.03. The summed E-state index contributed by atoms with van der Waals surface area (Å²) in [5, 5.41) is 2.78. The highest BCUT2D eigenvalue weighted by Gasteiger charge is 2.18. The summed E-state index contributed by atoms with van der Waals surface area (Å²) in [6, 6.07) is 10.6. The van der Waals surface area contributed by atoms with Gasteiger partial charge in [-0.1, -0.05) is 22.4 Å². The topological polar surface area (TPSA) is 64.6 Å². The minimum absolute atomic E-state index is 0.0262. The van der Waals surface area contributed by atoms with Gasteiger partial charge in [-0.2, -0.15) is 0 Å². The first kappa shape index (κ1) is 21.4. The van der Waals surface area contributed by atoms with Crippen LogP contribution in [0, 0.1) is 13.8 Å². The molecule has 0 spiro atoms. The standard InChI is InChI=1S/C23H26BrNO4/c1-15-12-18(24)13-16(2)22(15)28-14-21(26)25-19-10-8-17(9-11-19)23(27)29-20-6-4-3-5-7-20/h8-13,20H,3-7,14H2,1-2H3,(H,25,26). The Kier molecular flexibility index (Phi) is 7.31. The monoisotopic (exact) mass is 459 g/mol. The van der Waals surface area contributed by atoms with E-state index >= 15 is 0 Å². The van der Waals surface area contributed by atoms with E-state index in [4.69, 9.17) is 9.47 Å². The van der Waals surface area contributed by atoms with Gasteiger partial charge in [0, 0.05) is 10.2 Å². The number of carbonyl (C=O) groups excluding carboxylic acids is 2. The first-order chi connectivity index (χ1) is 13.9. The Labute approximate surface area is 179 Å². The number of halogens is 1. The van der Waals surface area contributed by atoms with Gasteiger partial charge in [-0.25, -0.2) is 4.79 Å². The SMILES string of the molecule is Cc1cc(Br)cc(C)c1OCC(=O)Nc1ccc(C(=O)OC2CCCCC2)cc1. The molecule has 0 unspecified atom stereocenters. The molecule has 5 nitrogen and oxygen atoms in total. The van der Waals surface area contributed by atoms with Crippen LogP contribution in [0.3, 0.4) is 0 Å². The van der Waals surface area contributed by atoms with Gasteiger partial charge in [-0.15, -0.1) is 0 Å². The van der Waals surface area contributed by atoms with Crippen LogP contribution in [0.25, 0.3) is 0 Å². The van der Waals surface area contributed by atoms with Gasteiger partial charge in [-0.3, -0.25) is 4.79 Å². The van der Waals surface area contributed by atoms with Crippen LogP contribution in [0.2, 0.25) is 0 Å². The zero-order valence-electron chi connectivity index (χ0n) is 16.8.